The summed E-state index contributed by atoms with van der Waals surface area (Å²) in [5, 5.41) is 2.67. The molecule has 1 N–H and O–H groups in total. The van der Waals surface area contributed by atoms with Crippen LogP contribution in [0.4, 0.5) is 0 Å². The van der Waals surface area contributed by atoms with Crippen LogP contribution in [0.5, 0.6) is 0 Å². The van der Waals surface area contributed by atoms with Crippen molar-refractivity contribution in [1.29, 1.82) is 0 Å². The number of amides is 1. The van der Waals surface area contributed by atoms with Crippen LogP contribution < -0.4 is 5.32 Å². The molecule has 6 heteroatoms. The molecule has 0 aliphatic heterocycles. The Balaban J connectivity index is 4.32. The quantitative estimate of drug-likeness (QED) is 0.374. The van der Waals surface area contributed by atoms with E-state index >= 15 is 0 Å². The summed E-state index contributed by atoms with van der Waals surface area (Å²) in [5.74, 6) is -0.361. The molecule has 0 radical (unpaired) electrons. The van der Waals surface area contributed by atoms with E-state index in [0.717, 1.165) is 0 Å². The monoisotopic (exact) mass is 345 g/mol. The predicted octanol–water partition coefficient (Wildman–Crippen LogP) is 3.04. The molecule has 0 fully saturated rings. The summed E-state index contributed by atoms with van der Waals surface area (Å²) in [6.45, 7) is 15.8. The topological polar surface area (TPSA) is 73.9 Å². The first-order valence-corrected chi connectivity index (χ1v) is 8.51. The van der Waals surface area contributed by atoms with Gasteiger partial charge in [-0.1, -0.05) is 6.92 Å². The van der Waals surface area contributed by atoms with E-state index in [9.17, 15) is 9.59 Å². The van der Waals surface area contributed by atoms with Gasteiger partial charge in [-0.15, -0.1) is 0 Å². The molecule has 0 aromatic rings. The smallest absolute Gasteiger partial charge is 0.311 e. The van der Waals surface area contributed by atoms with Gasteiger partial charge >= 0.3 is 5.97 Å². The van der Waals surface area contributed by atoms with E-state index in [-0.39, 0.29) is 30.9 Å². The van der Waals surface area contributed by atoms with Crippen LogP contribution in [0.25, 0.3) is 0 Å². The van der Waals surface area contributed by atoms with Gasteiger partial charge in [-0.3, -0.25) is 9.59 Å². The molecular formula is C18H35NO5. The van der Waals surface area contributed by atoms with Gasteiger partial charge in [0.1, 0.15) is 13.4 Å². The third kappa shape index (κ3) is 10.6. The molecule has 0 heterocycles. The molecule has 0 aromatic heterocycles. The van der Waals surface area contributed by atoms with E-state index in [1.807, 2.05) is 48.5 Å². The molecule has 6 nitrogen and oxygen atoms in total. The second-order valence-corrected chi connectivity index (χ2v) is 8.18. The highest BCUT2D eigenvalue weighted by Crippen LogP contribution is 2.31. The Morgan fingerprint density at radius 1 is 0.958 bits per heavy atom. The first-order valence-electron chi connectivity index (χ1n) is 8.51. The van der Waals surface area contributed by atoms with Crippen molar-refractivity contribution in [3.63, 3.8) is 0 Å². The molecule has 0 spiro atoms. The maximum atomic E-state index is 12.3. The Morgan fingerprint density at radius 3 is 2.04 bits per heavy atom. The number of carbonyl (C=O) groups excluding carboxylic acids is 2. The van der Waals surface area contributed by atoms with Gasteiger partial charge in [0.25, 0.3) is 0 Å². The van der Waals surface area contributed by atoms with E-state index in [1.54, 1.807) is 6.92 Å². The highest BCUT2D eigenvalue weighted by Gasteiger charge is 2.36. The molecule has 0 saturated heterocycles. The van der Waals surface area contributed by atoms with E-state index < -0.39 is 11.0 Å². The Bertz CT molecular complexity index is 410. The van der Waals surface area contributed by atoms with Crippen molar-refractivity contribution in [3.05, 3.63) is 0 Å². The van der Waals surface area contributed by atoms with Crippen LogP contribution in [0.3, 0.4) is 0 Å². The van der Waals surface area contributed by atoms with Crippen LogP contribution in [0.2, 0.25) is 0 Å². The van der Waals surface area contributed by atoms with Crippen molar-refractivity contribution >= 4 is 11.9 Å². The lowest BCUT2D eigenvalue weighted by Gasteiger charge is -2.34. The van der Waals surface area contributed by atoms with Gasteiger partial charge in [-0.2, -0.15) is 0 Å². The average Bonchev–Trinajstić information content (AvgIpc) is 2.39. The summed E-state index contributed by atoms with van der Waals surface area (Å²) in [4.78, 5) is 23.4. The van der Waals surface area contributed by atoms with Gasteiger partial charge in [0, 0.05) is 6.42 Å². The summed E-state index contributed by atoms with van der Waals surface area (Å²) in [6.07, 6.45) is 0.912. The minimum Gasteiger partial charge on any atom is -0.463 e. The summed E-state index contributed by atoms with van der Waals surface area (Å²) < 4.78 is 16.6. The average molecular weight is 345 g/mol. The lowest BCUT2D eigenvalue weighted by molar-refractivity contribution is -0.184. The molecule has 0 aliphatic carbocycles. The summed E-state index contributed by atoms with van der Waals surface area (Å²) in [6, 6.07) is 0. The van der Waals surface area contributed by atoms with Gasteiger partial charge in [0.05, 0.1) is 23.2 Å². The molecule has 0 unspecified atom stereocenters. The highest BCUT2D eigenvalue weighted by molar-refractivity contribution is 5.76. The van der Waals surface area contributed by atoms with Gasteiger partial charge in [-0.25, -0.2) is 0 Å². The lowest BCUT2D eigenvalue weighted by Crippen LogP contribution is -2.39. The Morgan fingerprint density at radius 2 is 1.54 bits per heavy atom. The second kappa shape index (κ2) is 9.37. The first-order chi connectivity index (χ1) is 10.8. The number of ether oxygens (including phenoxy) is 3. The zero-order valence-corrected chi connectivity index (χ0v) is 16.6. The number of esters is 1. The SMILES string of the molecule is CCC(=O)NCCOC(=O)C(C)(C)CC(C)(C)OCOC(C)(C)C. The van der Waals surface area contributed by atoms with Crippen molar-refractivity contribution < 1.29 is 23.8 Å². The van der Waals surface area contributed by atoms with Gasteiger partial charge in [-0.05, 0) is 54.9 Å². The predicted molar refractivity (Wildman–Crippen MR) is 93.5 cm³/mol. The minimum absolute atomic E-state index is 0.0568. The molecule has 24 heavy (non-hydrogen) atoms. The minimum atomic E-state index is -0.694. The molecule has 0 bridgehead atoms. The molecule has 0 atom stereocenters. The molecular weight excluding hydrogens is 310 g/mol. The van der Waals surface area contributed by atoms with Crippen LogP contribution in [0, 0.1) is 5.41 Å². The summed E-state index contributed by atoms with van der Waals surface area (Å²) >= 11 is 0. The lowest BCUT2D eigenvalue weighted by atomic mass is 9.82. The van der Waals surface area contributed by atoms with Crippen LogP contribution in [0.1, 0.15) is 68.2 Å². The highest BCUT2D eigenvalue weighted by atomic mass is 16.7. The molecule has 0 rings (SSSR count). The van der Waals surface area contributed by atoms with E-state index in [2.05, 4.69) is 5.32 Å². The zero-order valence-electron chi connectivity index (χ0n) is 16.6. The van der Waals surface area contributed by atoms with Crippen LogP contribution >= 0.6 is 0 Å². The summed E-state index contributed by atoms with van der Waals surface area (Å²) in [5.41, 5.74) is -1.49. The van der Waals surface area contributed by atoms with Crippen LogP contribution in [0.15, 0.2) is 0 Å². The Kier molecular flexibility index (Phi) is 8.93. The van der Waals surface area contributed by atoms with Crippen LogP contribution in [-0.2, 0) is 23.8 Å². The third-order valence-electron chi connectivity index (χ3n) is 3.34. The number of rotatable bonds is 10. The van der Waals surface area contributed by atoms with Crippen molar-refractivity contribution in [2.24, 2.45) is 5.41 Å². The van der Waals surface area contributed by atoms with E-state index in [4.69, 9.17) is 14.2 Å². The molecule has 142 valence electrons. The van der Waals surface area contributed by atoms with Crippen LogP contribution in [-0.4, -0.2) is 43.0 Å². The van der Waals surface area contributed by atoms with Crippen molar-refractivity contribution in [2.45, 2.75) is 79.4 Å². The van der Waals surface area contributed by atoms with Gasteiger partial charge in [0.15, 0.2) is 0 Å². The standard InChI is InChI=1S/C18H35NO5/c1-9-14(20)19-10-11-22-15(21)17(5,6)12-18(7,8)24-13-23-16(2,3)4/h9-13H2,1-8H3,(H,19,20). The summed E-state index contributed by atoms with van der Waals surface area (Å²) in [7, 11) is 0. The molecule has 0 aliphatic rings. The molecule has 0 aromatic carbocycles. The zero-order chi connectivity index (χ0) is 19.0. The second-order valence-electron chi connectivity index (χ2n) is 8.18. The number of hydrogen-bond donors (Lipinski definition) is 1. The number of hydrogen-bond acceptors (Lipinski definition) is 5. The normalized spacial score (nSPS) is 12.8. The molecule has 0 saturated carbocycles. The third-order valence-corrected chi connectivity index (χ3v) is 3.34. The Labute approximate surface area is 146 Å². The van der Waals surface area contributed by atoms with E-state index in [1.165, 1.54) is 0 Å². The Hall–Kier alpha value is -1.14. The largest absolute Gasteiger partial charge is 0.463 e. The fourth-order valence-electron chi connectivity index (χ4n) is 2.21. The fourth-order valence-corrected chi connectivity index (χ4v) is 2.21. The maximum absolute atomic E-state index is 12.3. The van der Waals surface area contributed by atoms with Crippen molar-refractivity contribution in [2.75, 3.05) is 19.9 Å². The number of carbonyl (C=O) groups is 2. The maximum Gasteiger partial charge on any atom is 0.311 e. The number of nitrogens with one attached hydrogen (secondary N) is 1. The van der Waals surface area contributed by atoms with Crippen molar-refractivity contribution in [1.82, 2.24) is 5.32 Å². The van der Waals surface area contributed by atoms with E-state index in [0.29, 0.717) is 19.4 Å². The van der Waals surface area contributed by atoms with Gasteiger partial charge < -0.3 is 19.5 Å². The fraction of sp³-hybridized carbons (Fsp3) is 0.889. The van der Waals surface area contributed by atoms with Crippen molar-refractivity contribution in [3.8, 4) is 0 Å². The molecule has 1 amide bonds. The van der Waals surface area contributed by atoms with Gasteiger partial charge in [0.2, 0.25) is 5.91 Å². The first kappa shape index (κ1) is 22.9.